The Labute approximate surface area is 332 Å². The molecule has 0 heterocycles. The lowest BCUT2D eigenvalue weighted by atomic mass is 9.77. The first-order valence-corrected chi connectivity index (χ1v) is 20.6. The summed E-state index contributed by atoms with van der Waals surface area (Å²) in [6, 6.07) is 37.5. The van der Waals surface area contributed by atoms with E-state index in [1.165, 1.54) is 5.56 Å². The Hall–Kier alpha value is -4.30. The second-order valence-electron chi connectivity index (χ2n) is 18.2. The van der Waals surface area contributed by atoms with Gasteiger partial charge in [0.2, 0.25) is 0 Å². The number of hydrogen-bond donors (Lipinski definition) is 0. The highest BCUT2D eigenvalue weighted by Gasteiger charge is 2.32. The number of hydrogen-bond acceptors (Lipinski definition) is 5. The number of benzene rings is 6. The van der Waals surface area contributed by atoms with Crippen molar-refractivity contribution < 1.29 is 22.8 Å². The summed E-state index contributed by atoms with van der Waals surface area (Å²) in [7, 11) is -0.609. The third kappa shape index (κ3) is 9.57. The van der Waals surface area contributed by atoms with Gasteiger partial charge in [0.1, 0.15) is 34.3 Å². The maximum atomic E-state index is 6.89. The summed E-state index contributed by atoms with van der Waals surface area (Å²) in [4.78, 5) is 0. The Bertz CT molecular complexity index is 2290. The van der Waals surface area contributed by atoms with E-state index < -0.39 is 5.60 Å². The van der Waals surface area contributed by atoms with Crippen LogP contribution in [0.1, 0.15) is 99.8 Å². The molecule has 5 nitrogen and oxygen atoms in total. The van der Waals surface area contributed by atoms with E-state index in [1.807, 2.05) is 48.5 Å². The zero-order chi connectivity index (χ0) is 39.8. The maximum absolute atomic E-state index is 6.89. The van der Waals surface area contributed by atoms with Crippen molar-refractivity contribution in [3.8, 4) is 39.9 Å². The average Bonchev–Trinajstić information content (AvgIpc) is 3.10. The molecule has 0 spiro atoms. The molecule has 7 heteroatoms. The minimum Gasteiger partial charge on any atom is -0.488 e. The highest BCUT2D eigenvalue weighted by atomic mass is 31.1. The van der Waals surface area contributed by atoms with Crippen LogP contribution in [0.25, 0.3) is 32.7 Å². The van der Waals surface area contributed by atoms with Crippen LogP contribution in [-0.4, -0.2) is 5.60 Å². The fourth-order valence-electron chi connectivity index (χ4n) is 6.60. The quantitative estimate of drug-likeness (QED) is 0.130. The predicted molar refractivity (Wildman–Crippen MR) is 235 cm³/mol. The lowest BCUT2D eigenvalue weighted by Crippen LogP contribution is -2.23. The summed E-state index contributed by atoms with van der Waals surface area (Å²) in [5.74, 6) is 3.82. The zero-order valence-electron chi connectivity index (χ0n) is 34.4. The molecule has 0 aromatic heterocycles. The fraction of sp³-hybridized carbons (Fsp3) is 0.333. The predicted octanol–water partition coefficient (Wildman–Crippen LogP) is 14.7. The Morgan fingerprint density at radius 1 is 0.418 bits per heavy atom. The van der Waals surface area contributed by atoms with Gasteiger partial charge in [-0.2, -0.15) is 0 Å². The lowest BCUT2D eigenvalue weighted by molar-refractivity contribution is 0.130. The Kier molecular flexibility index (Phi) is 11.5. The summed E-state index contributed by atoms with van der Waals surface area (Å²) < 4.78 is 33.3. The second-order valence-corrected chi connectivity index (χ2v) is 19.4. The summed E-state index contributed by atoms with van der Waals surface area (Å²) in [5.41, 5.74) is 3.94. The van der Waals surface area contributed by atoms with E-state index in [0.29, 0.717) is 0 Å². The minimum absolute atomic E-state index is 0.151. The molecular weight excluding hydrogens is 718 g/mol. The van der Waals surface area contributed by atoms with Gasteiger partial charge in [-0.05, 0) is 83.7 Å². The topological polar surface area (TPSA) is 46.2 Å². The van der Waals surface area contributed by atoms with Crippen LogP contribution in [0, 0.1) is 0 Å². The summed E-state index contributed by atoms with van der Waals surface area (Å²) in [6.07, 6.45) is 0. The van der Waals surface area contributed by atoms with Gasteiger partial charge in [-0.3, -0.25) is 0 Å². The molecule has 2 atom stereocenters. The molecule has 0 amide bonds. The monoisotopic (exact) mass is 774 g/mol. The van der Waals surface area contributed by atoms with Gasteiger partial charge in [-0.15, -0.1) is 0 Å². The molecular formula is C48H56O5P2. The van der Waals surface area contributed by atoms with Crippen molar-refractivity contribution >= 4 is 39.6 Å². The standard InChI is InChI=1S/C48H56O5P2/c1-45(2,3)33-27-37(43(39(28-33)46(4,5)6)52-54-50-41-25-17-21-31-19-13-15-23-35(31)41)38-29-34(49-48(10,11)12)30-40(47(7,8)9)44(38)53-55-51-42-26-18-22-32-20-14-16-24-36(32)42/h13-30,54-55H,1-12H3. The molecule has 288 valence electrons. The maximum Gasteiger partial charge on any atom is 0.275 e. The molecule has 0 bridgehead atoms. The van der Waals surface area contributed by atoms with Crippen LogP contribution in [0.4, 0.5) is 0 Å². The third-order valence-corrected chi connectivity index (χ3v) is 10.6. The highest BCUT2D eigenvalue weighted by Crippen LogP contribution is 2.52. The molecule has 55 heavy (non-hydrogen) atoms. The fourth-order valence-corrected chi connectivity index (χ4v) is 7.82. The van der Waals surface area contributed by atoms with Crippen LogP contribution in [0.3, 0.4) is 0 Å². The number of ether oxygens (including phenoxy) is 1. The van der Waals surface area contributed by atoms with Crippen molar-refractivity contribution in [2.24, 2.45) is 0 Å². The molecule has 0 radical (unpaired) electrons. The van der Waals surface area contributed by atoms with Crippen molar-refractivity contribution in [2.75, 3.05) is 0 Å². The highest BCUT2D eigenvalue weighted by molar-refractivity contribution is 7.27. The Balaban J connectivity index is 1.53. The normalized spacial score (nSPS) is 12.9. The molecule has 0 aliphatic heterocycles. The number of fused-ring (bicyclic) bond motifs is 2. The number of rotatable bonds is 10. The van der Waals surface area contributed by atoms with Crippen LogP contribution in [0.15, 0.2) is 109 Å². The zero-order valence-corrected chi connectivity index (χ0v) is 36.4. The molecule has 0 aliphatic rings. The van der Waals surface area contributed by atoms with E-state index in [9.17, 15) is 0 Å². The van der Waals surface area contributed by atoms with Gasteiger partial charge in [0.25, 0.3) is 18.1 Å². The van der Waals surface area contributed by atoms with Crippen LogP contribution in [-0.2, 0) is 16.2 Å². The first-order valence-electron chi connectivity index (χ1n) is 19.0. The van der Waals surface area contributed by atoms with E-state index in [2.05, 4.69) is 144 Å². The first kappa shape index (κ1) is 40.4. The molecule has 0 N–H and O–H groups in total. The summed E-state index contributed by atoms with van der Waals surface area (Å²) in [5, 5.41) is 4.33. The van der Waals surface area contributed by atoms with E-state index >= 15 is 0 Å². The average molecular weight is 775 g/mol. The molecule has 0 fully saturated rings. The van der Waals surface area contributed by atoms with Gasteiger partial charge in [0.15, 0.2) is 0 Å². The van der Waals surface area contributed by atoms with Crippen molar-refractivity contribution in [1.82, 2.24) is 0 Å². The Morgan fingerprint density at radius 2 is 0.855 bits per heavy atom. The molecule has 0 saturated carbocycles. The third-order valence-electron chi connectivity index (χ3n) is 9.44. The van der Waals surface area contributed by atoms with Crippen molar-refractivity contribution in [1.29, 1.82) is 0 Å². The van der Waals surface area contributed by atoms with E-state index in [1.54, 1.807) is 0 Å². The van der Waals surface area contributed by atoms with Gasteiger partial charge in [-0.1, -0.05) is 141 Å². The molecule has 6 rings (SSSR count). The van der Waals surface area contributed by atoms with E-state index in [4.69, 9.17) is 22.8 Å². The minimum atomic E-state index is -0.426. The SMILES string of the molecule is CC(C)(C)Oc1cc(-c2cc(C(C)(C)C)cc(C(C)(C)C)c2OPOc2cccc3ccccc23)c(OPOc2cccc3ccccc23)c(C(C)(C)C)c1. The van der Waals surface area contributed by atoms with Crippen molar-refractivity contribution in [3.05, 3.63) is 126 Å². The van der Waals surface area contributed by atoms with Crippen LogP contribution < -0.4 is 22.8 Å². The first-order chi connectivity index (χ1) is 25.8. The van der Waals surface area contributed by atoms with Gasteiger partial charge < -0.3 is 22.8 Å². The largest absolute Gasteiger partial charge is 0.488 e. The van der Waals surface area contributed by atoms with Gasteiger partial charge in [-0.25, -0.2) is 0 Å². The summed E-state index contributed by atoms with van der Waals surface area (Å²) in [6.45, 7) is 26.3. The molecule has 0 saturated heterocycles. The van der Waals surface area contributed by atoms with E-state index in [0.717, 1.165) is 72.5 Å². The van der Waals surface area contributed by atoms with Crippen LogP contribution >= 0.6 is 18.1 Å². The van der Waals surface area contributed by atoms with E-state index in [-0.39, 0.29) is 34.3 Å². The molecule has 6 aromatic rings. The van der Waals surface area contributed by atoms with Gasteiger partial charge in [0, 0.05) is 33.0 Å². The van der Waals surface area contributed by atoms with Gasteiger partial charge in [0.05, 0.1) is 0 Å². The molecule has 0 aliphatic carbocycles. The molecule has 2 unspecified atom stereocenters. The second kappa shape index (κ2) is 15.7. The lowest BCUT2D eigenvalue weighted by Gasteiger charge is -2.31. The van der Waals surface area contributed by atoms with Crippen molar-refractivity contribution in [2.45, 2.75) is 105 Å². The van der Waals surface area contributed by atoms with Crippen LogP contribution in [0.2, 0.25) is 0 Å². The molecule has 6 aromatic carbocycles. The van der Waals surface area contributed by atoms with Crippen molar-refractivity contribution in [3.63, 3.8) is 0 Å². The smallest absolute Gasteiger partial charge is 0.275 e. The van der Waals surface area contributed by atoms with Crippen LogP contribution in [0.5, 0.6) is 28.7 Å². The summed E-state index contributed by atoms with van der Waals surface area (Å²) >= 11 is 0. The van der Waals surface area contributed by atoms with Gasteiger partial charge >= 0.3 is 0 Å². The Morgan fingerprint density at radius 3 is 1.31 bits per heavy atom.